The molecule has 2 aromatic rings. The van der Waals surface area contributed by atoms with E-state index in [1.807, 2.05) is 45.0 Å². The molecule has 2 aromatic carbocycles. The Morgan fingerprint density at radius 1 is 1.15 bits per heavy atom. The molecule has 3 nitrogen and oxygen atoms in total. The lowest BCUT2D eigenvalue weighted by Crippen LogP contribution is -2.30. The van der Waals surface area contributed by atoms with Crippen molar-refractivity contribution in [3.63, 3.8) is 0 Å². The second-order valence-corrected chi connectivity index (χ2v) is 8.02. The Morgan fingerprint density at radius 3 is 2.54 bits per heavy atom. The van der Waals surface area contributed by atoms with Gasteiger partial charge in [-0.05, 0) is 61.2 Å². The highest BCUT2D eigenvalue weighted by Gasteiger charge is 2.08. The number of benzene rings is 2. The zero-order valence-electron chi connectivity index (χ0n) is 15.2. The lowest BCUT2D eigenvalue weighted by molar-refractivity contribution is -0.122. The fourth-order valence-corrected chi connectivity index (χ4v) is 4.05. The number of rotatable bonds is 8. The first-order valence-electron chi connectivity index (χ1n) is 8.36. The predicted molar refractivity (Wildman–Crippen MR) is 112 cm³/mol. The quantitative estimate of drug-likeness (QED) is 0.595. The molecule has 6 heteroatoms. The van der Waals surface area contributed by atoms with Crippen molar-refractivity contribution in [2.45, 2.75) is 26.5 Å². The van der Waals surface area contributed by atoms with E-state index >= 15 is 0 Å². The molecule has 0 atom stereocenters. The lowest BCUT2D eigenvalue weighted by atomic mass is 10.1. The Labute approximate surface area is 169 Å². The highest BCUT2D eigenvalue weighted by atomic mass is 35.5. The molecular formula is C20H23Cl2NO2S. The van der Waals surface area contributed by atoms with Gasteiger partial charge in [0, 0.05) is 28.1 Å². The number of aryl methyl sites for hydroxylation is 2. The molecule has 0 bridgehead atoms. The van der Waals surface area contributed by atoms with Crippen LogP contribution in [0.3, 0.4) is 0 Å². The van der Waals surface area contributed by atoms with Crippen LogP contribution in [0.5, 0.6) is 5.75 Å². The molecule has 0 aliphatic rings. The number of halogens is 2. The summed E-state index contributed by atoms with van der Waals surface area (Å²) in [4.78, 5) is 12.0. The van der Waals surface area contributed by atoms with Crippen LogP contribution in [0.25, 0.3) is 0 Å². The first-order chi connectivity index (χ1) is 12.4. The number of hydrogen-bond acceptors (Lipinski definition) is 3. The minimum atomic E-state index is -0.125. The van der Waals surface area contributed by atoms with Crippen molar-refractivity contribution in [2.24, 2.45) is 0 Å². The predicted octanol–water partition coefficient (Wildman–Crippen LogP) is 5.35. The fraction of sp³-hybridized carbons (Fsp3) is 0.350. The summed E-state index contributed by atoms with van der Waals surface area (Å²) in [5, 5.41) is 4.21. The molecular weight excluding hydrogens is 389 g/mol. The maximum Gasteiger partial charge on any atom is 0.257 e. The monoisotopic (exact) mass is 411 g/mol. The van der Waals surface area contributed by atoms with Crippen LogP contribution in [0, 0.1) is 20.8 Å². The van der Waals surface area contributed by atoms with Gasteiger partial charge in [-0.15, -0.1) is 0 Å². The van der Waals surface area contributed by atoms with Gasteiger partial charge in [0.2, 0.25) is 0 Å². The van der Waals surface area contributed by atoms with E-state index in [0.29, 0.717) is 22.3 Å². The van der Waals surface area contributed by atoms with Gasteiger partial charge in [-0.1, -0.05) is 35.3 Å². The van der Waals surface area contributed by atoms with Crippen LogP contribution in [0.4, 0.5) is 0 Å². The number of ether oxygens (including phenoxy) is 1. The van der Waals surface area contributed by atoms with Gasteiger partial charge in [0.25, 0.3) is 5.91 Å². The van der Waals surface area contributed by atoms with Crippen molar-refractivity contribution in [3.05, 3.63) is 62.6 Å². The van der Waals surface area contributed by atoms with E-state index in [4.69, 9.17) is 27.9 Å². The fourth-order valence-electron chi connectivity index (χ4n) is 2.45. The molecule has 1 amide bonds. The molecule has 0 spiro atoms. The summed E-state index contributed by atoms with van der Waals surface area (Å²) in [6.07, 6.45) is 0. The van der Waals surface area contributed by atoms with E-state index in [-0.39, 0.29) is 12.5 Å². The summed E-state index contributed by atoms with van der Waals surface area (Å²) in [7, 11) is 0. The molecule has 0 unspecified atom stereocenters. The van der Waals surface area contributed by atoms with Crippen molar-refractivity contribution >= 4 is 40.9 Å². The third-order valence-corrected chi connectivity index (χ3v) is 5.69. The van der Waals surface area contributed by atoms with E-state index in [1.54, 1.807) is 11.8 Å². The normalized spacial score (nSPS) is 10.7. The number of hydrogen-bond donors (Lipinski definition) is 1. The second kappa shape index (κ2) is 10.1. The Hall–Kier alpha value is -1.36. The first-order valence-corrected chi connectivity index (χ1v) is 10.3. The second-order valence-electron chi connectivity index (χ2n) is 6.10. The molecule has 140 valence electrons. The van der Waals surface area contributed by atoms with Crippen LogP contribution in [0.1, 0.15) is 22.3 Å². The van der Waals surface area contributed by atoms with Crippen LogP contribution in [-0.2, 0) is 10.5 Å². The summed E-state index contributed by atoms with van der Waals surface area (Å²) in [5.41, 5.74) is 4.28. The smallest absolute Gasteiger partial charge is 0.257 e. The van der Waals surface area contributed by atoms with Gasteiger partial charge in [0.05, 0.1) is 0 Å². The third-order valence-electron chi connectivity index (χ3n) is 4.00. The van der Waals surface area contributed by atoms with Crippen LogP contribution < -0.4 is 10.1 Å². The van der Waals surface area contributed by atoms with E-state index in [2.05, 4.69) is 11.4 Å². The van der Waals surface area contributed by atoms with E-state index < -0.39 is 0 Å². The van der Waals surface area contributed by atoms with Crippen LogP contribution in [0.15, 0.2) is 30.3 Å². The molecule has 0 saturated heterocycles. The molecule has 0 heterocycles. The van der Waals surface area contributed by atoms with Gasteiger partial charge in [-0.3, -0.25) is 4.79 Å². The summed E-state index contributed by atoms with van der Waals surface area (Å²) in [6.45, 7) is 6.64. The number of thioether (sulfide) groups is 1. The number of carbonyl (C=O) groups is 1. The Balaban J connectivity index is 1.70. The average Bonchev–Trinajstić information content (AvgIpc) is 2.58. The van der Waals surface area contributed by atoms with Crippen molar-refractivity contribution in [2.75, 3.05) is 18.9 Å². The van der Waals surface area contributed by atoms with Gasteiger partial charge in [-0.25, -0.2) is 0 Å². The molecule has 0 aromatic heterocycles. The highest BCUT2D eigenvalue weighted by Crippen LogP contribution is 2.28. The standard InChI is InChI=1S/C20H23Cl2NO2S/c1-13-9-14(2)15(3)19(10-13)25-11-20(24)23-7-8-26-12-16-17(21)5-4-6-18(16)22/h4-6,9-10H,7-8,11-12H2,1-3H3,(H,23,24). The number of nitrogens with one attached hydrogen (secondary N) is 1. The number of carbonyl (C=O) groups excluding carboxylic acids is 1. The third kappa shape index (κ3) is 6.11. The molecule has 26 heavy (non-hydrogen) atoms. The van der Waals surface area contributed by atoms with Gasteiger partial charge < -0.3 is 10.1 Å². The van der Waals surface area contributed by atoms with Crippen LogP contribution in [-0.4, -0.2) is 24.8 Å². The van der Waals surface area contributed by atoms with E-state index in [9.17, 15) is 4.79 Å². The van der Waals surface area contributed by atoms with Crippen molar-refractivity contribution in [3.8, 4) is 5.75 Å². The summed E-state index contributed by atoms with van der Waals surface area (Å²) >= 11 is 14.0. The number of amides is 1. The molecule has 0 radical (unpaired) electrons. The van der Waals surface area contributed by atoms with Gasteiger partial charge in [0.1, 0.15) is 5.75 Å². The van der Waals surface area contributed by atoms with E-state index in [1.165, 1.54) is 0 Å². The maximum atomic E-state index is 12.0. The average molecular weight is 412 g/mol. The Bertz CT molecular complexity index is 760. The van der Waals surface area contributed by atoms with Crippen LogP contribution >= 0.6 is 35.0 Å². The summed E-state index contributed by atoms with van der Waals surface area (Å²) < 4.78 is 5.66. The minimum absolute atomic E-state index is 0.0186. The van der Waals surface area contributed by atoms with Gasteiger partial charge >= 0.3 is 0 Å². The molecule has 0 aliphatic carbocycles. The Kier molecular flexibility index (Phi) is 8.14. The highest BCUT2D eigenvalue weighted by molar-refractivity contribution is 7.98. The zero-order chi connectivity index (χ0) is 19.1. The minimum Gasteiger partial charge on any atom is -0.483 e. The topological polar surface area (TPSA) is 38.3 Å². The summed E-state index contributed by atoms with van der Waals surface area (Å²) in [5.74, 6) is 2.13. The van der Waals surface area contributed by atoms with Crippen molar-refractivity contribution in [1.82, 2.24) is 5.32 Å². The van der Waals surface area contributed by atoms with Crippen molar-refractivity contribution in [1.29, 1.82) is 0 Å². The molecule has 0 fully saturated rings. The summed E-state index contributed by atoms with van der Waals surface area (Å²) in [6, 6.07) is 9.55. The van der Waals surface area contributed by atoms with Crippen molar-refractivity contribution < 1.29 is 9.53 Å². The molecule has 0 aliphatic heterocycles. The van der Waals surface area contributed by atoms with Crippen LogP contribution in [0.2, 0.25) is 10.0 Å². The molecule has 2 rings (SSSR count). The SMILES string of the molecule is Cc1cc(C)c(C)c(OCC(=O)NCCSCc2c(Cl)cccc2Cl)c1. The van der Waals surface area contributed by atoms with E-state index in [0.717, 1.165) is 33.8 Å². The zero-order valence-corrected chi connectivity index (χ0v) is 17.5. The Morgan fingerprint density at radius 2 is 1.85 bits per heavy atom. The van der Waals surface area contributed by atoms with Gasteiger partial charge in [0.15, 0.2) is 6.61 Å². The molecule has 1 N–H and O–H groups in total. The maximum absolute atomic E-state index is 12.0. The largest absolute Gasteiger partial charge is 0.483 e. The van der Waals surface area contributed by atoms with Gasteiger partial charge in [-0.2, -0.15) is 11.8 Å². The lowest BCUT2D eigenvalue weighted by Gasteiger charge is -2.12. The molecule has 0 saturated carbocycles. The first kappa shape index (κ1) is 20.9.